The van der Waals surface area contributed by atoms with Gasteiger partial charge in [-0.05, 0) is 55.6 Å². The van der Waals surface area contributed by atoms with Gasteiger partial charge in [-0.1, -0.05) is 91.5 Å². The van der Waals surface area contributed by atoms with Crippen LogP contribution in [0.15, 0.2) is 72.2 Å². The van der Waals surface area contributed by atoms with Crippen LogP contribution in [0.1, 0.15) is 99.3 Å². The second kappa shape index (κ2) is 18.1. The molecule has 1 N–H and O–H groups in total. The van der Waals surface area contributed by atoms with Gasteiger partial charge in [-0.15, -0.1) is 40.5 Å². The molecule has 3 heterocycles. The zero-order valence-electron chi connectivity index (χ0n) is 30.6. The number of carbonyl (C=O) groups excluding carboxylic acids is 1. The summed E-state index contributed by atoms with van der Waals surface area (Å²) in [5.74, 6) is 1.14. The molecule has 7 heteroatoms. The van der Waals surface area contributed by atoms with E-state index in [-0.39, 0.29) is 48.9 Å². The van der Waals surface area contributed by atoms with Gasteiger partial charge in [0.25, 0.3) is 0 Å². The van der Waals surface area contributed by atoms with Crippen molar-refractivity contribution in [1.82, 2.24) is 15.0 Å². The number of hydrogen-bond acceptors (Lipinski definition) is 6. The van der Waals surface area contributed by atoms with E-state index < -0.39 is 0 Å². The van der Waals surface area contributed by atoms with Gasteiger partial charge in [0.1, 0.15) is 6.33 Å². The number of nitrogens with zero attached hydrogens (tertiary/aromatic N) is 3. The average Bonchev–Trinajstić information content (AvgIpc) is 3.48. The molecule has 3 aromatic heterocycles. The summed E-state index contributed by atoms with van der Waals surface area (Å²) in [5, 5.41) is 15.4. The Balaban J connectivity index is 0.000000347. The van der Waals surface area contributed by atoms with Gasteiger partial charge < -0.3 is 5.11 Å². The Morgan fingerprint density at radius 2 is 1.55 bits per heavy atom. The Bertz CT molecular complexity index is 1860. The summed E-state index contributed by atoms with van der Waals surface area (Å²) in [6, 6.07) is 18.6. The third-order valence-electron chi connectivity index (χ3n) is 9.02. The van der Waals surface area contributed by atoms with E-state index in [1.807, 2.05) is 33.9 Å². The molecule has 5 nitrogen and oxygen atoms in total. The van der Waals surface area contributed by atoms with E-state index in [1.54, 1.807) is 17.7 Å². The average molecular weight is 855 g/mol. The quantitative estimate of drug-likeness (QED) is 0.0814. The van der Waals surface area contributed by atoms with Crippen LogP contribution in [0.5, 0.6) is 0 Å². The minimum Gasteiger partial charge on any atom is -0.512 e. The van der Waals surface area contributed by atoms with E-state index in [2.05, 4.69) is 98.5 Å². The fourth-order valence-corrected chi connectivity index (χ4v) is 7.10. The van der Waals surface area contributed by atoms with Crippen molar-refractivity contribution in [2.24, 2.45) is 17.8 Å². The second-order valence-corrected chi connectivity index (χ2v) is 15.0. The number of allylic oxidation sites excluding steroid dienone is 2. The van der Waals surface area contributed by atoms with Crippen LogP contribution >= 0.6 is 11.3 Å². The summed E-state index contributed by atoms with van der Waals surface area (Å²) in [7, 11) is 0. The third-order valence-corrected chi connectivity index (χ3v) is 9.96. The molecule has 2 aromatic carbocycles. The first-order valence-electron chi connectivity index (χ1n) is 17.5. The van der Waals surface area contributed by atoms with E-state index in [0.29, 0.717) is 5.92 Å². The first-order chi connectivity index (χ1) is 22.9. The van der Waals surface area contributed by atoms with Crippen molar-refractivity contribution in [2.45, 2.75) is 99.8 Å². The molecule has 0 atom stereocenters. The summed E-state index contributed by atoms with van der Waals surface area (Å²) < 4.78 is 1.25. The van der Waals surface area contributed by atoms with Gasteiger partial charge in [-0.25, -0.2) is 4.98 Å². The van der Waals surface area contributed by atoms with Gasteiger partial charge in [0.05, 0.1) is 11.5 Å². The maximum absolute atomic E-state index is 11.7. The molecule has 0 spiro atoms. The first kappa shape index (κ1) is 40.2. The van der Waals surface area contributed by atoms with Crippen molar-refractivity contribution in [3.63, 3.8) is 0 Å². The molecule has 0 bridgehead atoms. The van der Waals surface area contributed by atoms with Gasteiger partial charge in [0.2, 0.25) is 0 Å². The molecule has 49 heavy (non-hydrogen) atoms. The molecule has 5 rings (SSSR count). The van der Waals surface area contributed by atoms with Crippen molar-refractivity contribution in [3.05, 3.63) is 89.5 Å². The first-order valence-corrected chi connectivity index (χ1v) is 18.4. The Labute approximate surface area is 311 Å². The maximum atomic E-state index is 11.7. The zero-order chi connectivity index (χ0) is 35.0. The van der Waals surface area contributed by atoms with Crippen molar-refractivity contribution in [3.8, 4) is 22.5 Å². The molecule has 0 aliphatic heterocycles. The van der Waals surface area contributed by atoms with E-state index in [1.165, 1.54) is 21.7 Å². The number of aliphatic hydroxyl groups excluding tert-OH is 1. The normalized spacial score (nSPS) is 12.0. The fourth-order valence-electron chi connectivity index (χ4n) is 6.11. The molecule has 5 aromatic rings. The second-order valence-electron chi connectivity index (χ2n) is 14.1. The summed E-state index contributed by atoms with van der Waals surface area (Å²) in [6.07, 6.45) is 9.56. The van der Waals surface area contributed by atoms with E-state index >= 15 is 0 Å². The van der Waals surface area contributed by atoms with Crippen molar-refractivity contribution in [2.75, 3.05) is 0 Å². The monoisotopic (exact) mass is 855 g/mol. The summed E-state index contributed by atoms with van der Waals surface area (Å²) in [5.41, 5.74) is 6.38. The summed E-state index contributed by atoms with van der Waals surface area (Å²) in [6.45, 7) is 19.3. The molecule has 0 unspecified atom stereocenters. The number of thiophene rings is 1. The number of aliphatic hydroxyl groups is 1. The number of aromatic nitrogens is 3. The summed E-state index contributed by atoms with van der Waals surface area (Å²) in [4.78, 5) is 25.7. The number of fused-ring (bicyclic) bond motifs is 2. The third kappa shape index (κ3) is 10.2. The fraction of sp³-hybridized carbons (Fsp3) is 0.429. The van der Waals surface area contributed by atoms with E-state index in [4.69, 9.17) is 4.98 Å². The Hall–Kier alpha value is -3.25. The minimum absolute atomic E-state index is 0. The SMILES string of the molecule is CC(C)Cc1cc2scc(-c3cc(-c4[c-]c5ccccc5c(C(C)(C)C)c4)ncn3)c2cn1.CCC(CC)C(=O)/C=C(\O)C(CC)CC.[Ir]. The zero-order valence-corrected chi connectivity index (χ0v) is 33.8. The molecule has 263 valence electrons. The van der Waals surface area contributed by atoms with Gasteiger partial charge >= 0.3 is 0 Å². The molecule has 0 aliphatic rings. The molecule has 1 radical (unpaired) electrons. The maximum Gasteiger partial charge on any atom is 0.162 e. The van der Waals surface area contributed by atoms with Gasteiger partial charge in [0.15, 0.2) is 5.78 Å². The largest absolute Gasteiger partial charge is 0.512 e. The van der Waals surface area contributed by atoms with Crippen LogP contribution in [0.2, 0.25) is 0 Å². The standard InChI is InChI=1S/C29H28N3S.C13H24O2.Ir/c1-18(2)10-21-13-28-23(15-30-21)24(16-33-28)27-14-26(31-17-32-27)20-11-19-8-6-7-9-22(19)25(12-20)29(3,4)5;1-5-10(6-2)12(14)9-13(15)11(7-3)8-4;/h6-9,12-18H,10H2,1-5H3;9-11,14H,5-8H2,1-4H3;/q-1;;/b;12-9-;. The number of benzene rings is 2. The van der Waals surface area contributed by atoms with Crippen molar-refractivity contribution < 1.29 is 30.0 Å². The molecule has 0 saturated heterocycles. The van der Waals surface area contributed by atoms with Crippen LogP contribution in [-0.2, 0) is 36.7 Å². The van der Waals surface area contributed by atoms with Crippen LogP contribution in [0, 0.1) is 23.8 Å². The topological polar surface area (TPSA) is 76.0 Å². The van der Waals surface area contributed by atoms with Crippen molar-refractivity contribution in [1.29, 1.82) is 0 Å². The predicted octanol–water partition coefficient (Wildman–Crippen LogP) is 11.7. The number of carbonyl (C=O) groups is 1. The molecular weight excluding hydrogens is 803 g/mol. The van der Waals surface area contributed by atoms with Crippen LogP contribution in [-0.4, -0.2) is 25.8 Å². The Morgan fingerprint density at radius 3 is 2.18 bits per heavy atom. The van der Waals surface area contributed by atoms with E-state index in [9.17, 15) is 9.90 Å². The number of rotatable bonds is 11. The van der Waals surface area contributed by atoms with E-state index in [0.717, 1.165) is 71.1 Å². The number of ketones is 1. The molecule has 0 amide bonds. The molecular formula is C42H52IrN3O2S-. The molecule has 0 fully saturated rings. The van der Waals surface area contributed by atoms with Gasteiger partial charge in [-0.2, -0.15) is 0 Å². The number of hydrogen-bond donors (Lipinski definition) is 1. The van der Waals surface area contributed by atoms with Crippen molar-refractivity contribution >= 4 is 38.0 Å². The number of pyridine rings is 1. The van der Waals surface area contributed by atoms with Crippen LogP contribution < -0.4 is 0 Å². The van der Waals surface area contributed by atoms with Crippen LogP contribution in [0.3, 0.4) is 0 Å². The van der Waals surface area contributed by atoms with Gasteiger partial charge in [-0.3, -0.25) is 14.8 Å². The molecule has 0 aliphatic carbocycles. The summed E-state index contributed by atoms with van der Waals surface area (Å²) >= 11 is 1.75. The van der Waals surface area contributed by atoms with Crippen LogP contribution in [0.4, 0.5) is 0 Å². The Kier molecular flexibility index (Phi) is 14.9. The predicted molar refractivity (Wildman–Crippen MR) is 204 cm³/mol. The smallest absolute Gasteiger partial charge is 0.162 e. The Morgan fingerprint density at radius 1 is 0.898 bits per heavy atom. The minimum atomic E-state index is 0. The van der Waals surface area contributed by atoms with Gasteiger partial charge in [0, 0.05) is 76.6 Å². The molecule has 0 saturated carbocycles. The van der Waals surface area contributed by atoms with Crippen LogP contribution in [0.25, 0.3) is 43.4 Å².